The van der Waals surface area contributed by atoms with E-state index in [0.717, 1.165) is 12.1 Å². The van der Waals surface area contributed by atoms with Crippen LogP contribution in [0.25, 0.3) is 5.57 Å². The molecule has 1 aliphatic heterocycles. The molecule has 0 spiro atoms. The van der Waals surface area contributed by atoms with Gasteiger partial charge in [-0.15, -0.1) is 13.2 Å². The van der Waals surface area contributed by atoms with Crippen LogP contribution in [0.3, 0.4) is 0 Å². The Morgan fingerprint density at radius 3 is 2.42 bits per heavy atom. The molecule has 2 amide bonds. The van der Waals surface area contributed by atoms with Crippen LogP contribution in [0.2, 0.25) is 5.02 Å². The molecule has 1 aliphatic carbocycles. The maximum Gasteiger partial charge on any atom is 0.573 e. The van der Waals surface area contributed by atoms with Gasteiger partial charge >= 0.3 is 18.6 Å². The Hall–Kier alpha value is -2.36. The molecule has 1 heterocycles. The summed E-state index contributed by atoms with van der Waals surface area (Å²) in [5, 5.41) is 4.10. The highest BCUT2D eigenvalue weighted by Gasteiger charge is 2.49. The summed E-state index contributed by atoms with van der Waals surface area (Å²) in [6, 6.07) is 1.11. The first kappa shape index (κ1) is 18.4. The van der Waals surface area contributed by atoms with Gasteiger partial charge < -0.3 is 15.4 Å². The van der Waals surface area contributed by atoms with Gasteiger partial charge in [-0.2, -0.15) is 13.2 Å². The van der Waals surface area contributed by atoms with Crippen LogP contribution in [0.15, 0.2) is 36.0 Å². The van der Waals surface area contributed by atoms with Gasteiger partial charge in [-0.25, -0.2) is 4.79 Å². The largest absolute Gasteiger partial charge is 0.573 e. The number of nitrogens with one attached hydrogen (secondary N) is 2. The molecule has 0 saturated carbocycles. The SMILES string of the molecule is O=C1NC2=CC(c3c(Cl)cccc3OC(F)(F)F)=CC(C(F)(F)F)C2N1. The summed E-state index contributed by atoms with van der Waals surface area (Å²) in [7, 11) is 0. The molecule has 1 fully saturated rings. The molecule has 2 atom stereocenters. The number of amides is 2. The van der Waals surface area contributed by atoms with E-state index in [1.165, 1.54) is 12.1 Å². The number of halogens is 7. The minimum Gasteiger partial charge on any atom is -0.405 e. The maximum absolute atomic E-state index is 13.4. The lowest BCUT2D eigenvalue weighted by atomic mass is 9.86. The van der Waals surface area contributed by atoms with Crippen molar-refractivity contribution < 1.29 is 35.9 Å². The fourth-order valence-electron chi connectivity index (χ4n) is 2.81. The second-order valence-electron chi connectivity index (χ2n) is 5.53. The number of rotatable bonds is 2. The molecule has 140 valence electrons. The van der Waals surface area contributed by atoms with Gasteiger partial charge in [-0.1, -0.05) is 23.7 Å². The molecule has 2 unspecified atom stereocenters. The van der Waals surface area contributed by atoms with Gasteiger partial charge in [0.2, 0.25) is 0 Å². The Balaban J connectivity index is 2.13. The molecular weight excluding hydrogens is 390 g/mol. The third kappa shape index (κ3) is 3.59. The van der Waals surface area contributed by atoms with Crippen molar-refractivity contribution in [3.63, 3.8) is 0 Å². The number of carbonyl (C=O) groups excluding carboxylic acids is 1. The standard InChI is InChI=1S/C15H9ClF6N2O2/c16-8-2-1-3-10(26-15(20,21)22)11(8)6-4-7(14(17,18)19)12-9(5-6)23-13(25)24-12/h1-5,7,12H,(H2,23,24,25). The molecule has 2 N–H and O–H groups in total. The van der Waals surface area contributed by atoms with Crippen LogP contribution in [0.5, 0.6) is 5.75 Å². The molecule has 0 radical (unpaired) electrons. The zero-order valence-electron chi connectivity index (χ0n) is 12.5. The number of hydrogen-bond donors (Lipinski definition) is 2. The number of carbonyl (C=O) groups is 1. The van der Waals surface area contributed by atoms with Crippen LogP contribution in [0, 0.1) is 5.92 Å². The summed E-state index contributed by atoms with van der Waals surface area (Å²) >= 11 is 5.92. The van der Waals surface area contributed by atoms with E-state index >= 15 is 0 Å². The van der Waals surface area contributed by atoms with Gasteiger partial charge in [0.1, 0.15) is 5.75 Å². The lowest BCUT2D eigenvalue weighted by Crippen LogP contribution is -2.41. The van der Waals surface area contributed by atoms with Crippen molar-refractivity contribution >= 4 is 23.2 Å². The number of hydrogen-bond acceptors (Lipinski definition) is 2. The van der Waals surface area contributed by atoms with Crippen molar-refractivity contribution in [2.24, 2.45) is 5.92 Å². The van der Waals surface area contributed by atoms with Crippen molar-refractivity contribution in [2.75, 3.05) is 0 Å². The second kappa shape index (κ2) is 6.11. The van der Waals surface area contributed by atoms with Crippen molar-refractivity contribution in [2.45, 2.75) is 18.6 Å². The van der Waals surface area contributed by atoms with Crippen LogP contribution in [-0.4, -0.2) is 24.6 Å². The topological polar surface area (TPSA) is 50.4 Å². The predicted molar refractivity (Wildman–Crippen MR) is 79.2 cm³/mol. The average Bonchev–Trinajstić information content (AvgIpc) is 2.83. The van der Waals surface area contributed by atoms with Crippen LogP contribution < -0.4 is 15.4 Å². The Morgan fingerprint density at radius 1 is 1.12 bits per heavy atom. The van der Waals surface area contributed by atoms with E-state index in [1.807, 2.05) is 0 Å². The van der Waals surface area contributed by atoms with E-state index in [9.17, 15) is 31.1 Å². The molecule has 1 aromatic rings. The number of ether oxygens (including phenoxy) is 1. The first-order chi connectivity index (χ1) is 12.0. The highest BCUT2D eigenvalue weighted by atomic mass is 35.5. The molecule has 3 rings (SSSR count). The number of fused-ring (bicyclic) bond motifs is 1. The number of urea groups is 1. The summed E-state index contributed by atoms with van der Waals surface area (Å²) in [6.45, 7) is 0. The predicted octanol–water partition coefficient (Wildman–Crippen LogP) is 4.38. The van der Waals surface area contributed by atoms with Gasteiger partial charge in [-0.3, -0.25) is 0 Å². The fourth-order valence-corrected chi connectivity index (χ4v) is 3.09. The van der Waals surface area contributed by atoms with Crippen molar-refractivity contribution in [1.82, 2.24) is 10.6 Å². The zero-order chi connectivity index (χ0) is 19.3. The molecule has 11 heteroatoms. The highest BCUT2D eigenvalue weighted by molar-refractivity contribution is 6.32. The lowest BCUT2D eigenvalue weighted by Gasteiger charge is -2.28. The average molecular weight is 399 g/mol. The number of benzene rings is 1. The molecule has 1 aromatic carbocycles. The zero-order valence-corrected chi connectivity index (χ0v) is 13.3. The molecule has 0 aromatic heterocycles. The van der Waals surface area contributed by atoms with Crippen molar-refractivity contribution in [1.29, 1.82) is 0 Å². The molecule has 4 nitrogen and oxygen atoms in total. The van der Waals surface area contributed by atoms with Crippen molar-refractivity contribution in [3.8, 4) is 5.75 Å². The minimum absolute atomic E-state index is 0.118. The Kier molecular flexibility index (Phi) is 4.33. The van der Waals surface area contributed by atoms with Crippen LogP contribution in [0.1, 0.15) is 5.56 Å². The van der Waals surface area contributed by atoms with Gasteiger partial charge in [-0.05, 0) is 23.8 Å². The number of allylic oxidation sites excluding steroid dienone is 2. The van der Waals surface area contributed by atoms with E-state index in [2.05, 4.69) is 15.4 Å². The summed E-state index contributed by atoms with van der Waals surface area (Å²) in [6.07, 6.45) is -7.96. The van der Waals surface area contributed by atoms with Gasteiger partial charge in [0, 0.05) is 11.3 Å². The van der Waals surface area contributed by atoms with E-state index in [1.54, 1.807) is 0 Å². The van der Waals surface area contributed by atoms with Crippen molar-refractivity contribution in [3.05, 3.63) is 46.6 Å². The van der Waals surface area contributed by atoms with Gasteiger partial charge in [0.05, 0.1) is 17.0 Å². The highest BCUT2D eigenvalue weighted by Crippen LogP contribution is 2.43. The maximum atomic E-state index is 13.4. The molecule has 2 aliphatic rings. The molecule has 26 heavy (non-hydrogen) atoms. The smallest absolute Gasteiger partial charge is 0.405 e. The Bertz CT molecular complexity index is 815. The van der Waals surface area contributed by atoms with Crippen LogP contribution in [0.4, 0.5) is 31.1 Å². The fraction of sp³-hybridized carbons (Fsp3) is 0.267. The Labute approximate surface area is 147 Å². The Morgan fingerprint density at radius 2 is 1.81 bits per heavy atom. The lowest BCUT2D eigenvalue weighted by molar-refractivity contribution is -0.274. The normalized spacial score (nSPS) is 22.8. The minimum atomic E-state index is -5.06. The van der Waals surface area contributed by atoms with Gasteiger partial charge in [0.15, 0.2) is 0 Å². The summed E-state index contributed by atoms with van der Waals surface area (Å²) in [5.41, 5.74) is -0.715. The quantitative estimate of drug-likeness (QED) is 0.726. The molecule has 1 saturated heterocycles. The summed E-state index contributed by atoms with van der Waals surface area (Å²) in [5.74, 6) is -2.89. The molecular formula is C15H9ClF6N2O2. The number of alkyl halides is 6. The summed E-state index contributed by atoms with van der Waals surface area (Å²) in [4.78, 5) is 11.4. The second-order valence-corrected chi connectivity index (χ2v) is 5.93. The van der Waals surface area contributed by atoms with E-state index in [0.29, 0.717) is 6.08 Å². The van der Waals surface area contributed by atoms with E-state index < -0.39 is 36.3 Å². The third-order valence-electron chi connectivity index (χ3n) is 3.78. The first-order valence-corrected chi connectivity index (χ1v) is 7.46. The third-order valence-corrected chi connectivity index (χ3v) is 4.09. The van der Waals surface area contributed by atoms with E-state index in [-0.39, 0.29) is 21.9 Å². The summed E-state index contributed by atoms with van der Waals surface area (Å²) < 4.78 is 81.8. The van der Waals surface area contributed by atoms with Gasteiger partial charge in [0.25, 0.3) is 0 Å². The first-order valence-electron chi connectivity index (χ1n) is 7.08. The molecule has 0 bridgehead atoms. The van der Waals surface area contributed by atoms with E-state index in [4.69, 9.17) is 11.6 Å². The van der Waals surface area contributed by atoms with Crippen LogP contribution in [-0.2, 0) is 0 Å². The monoisotopic (exact) mass is 398 g/mol. The van der Waals surface area contributed by atoms with Crippen LogP contribution >= 0.6 is 11.6 Å².